The number of thiophene rings is 1. The highest BCUT2D eigenvalue weighted by Gasteiger charge is 2.46. The van der Waals surface area contributed by atoms with E-state index in [1.165, 1.54) is 19.4 Å². The van der Waals surface area contributed by atoms with Gasteiger partial charge in [-0.25, -0.2) is 0 Å². The molecule has 1 N–H and O–H groups in total. The van der Waals surface area contributed by atoms with Crippen molar-refractivity contribution in [2.75, 3.05) is 6.54 Å². The summed E-state index contributed by atoms with van der Waals surface area (Å²) < 4.78 is 0. The molecule has 1 fully saturated rings. The molecule has 0 amide bonds. The summed E-state index contributed by atoms with van der Waals surface area (Å²) in [4.78, 5) is 1.58. The van der Waals surface area contributed by atoms with Gasteiger partial charge in [-0.1, -0.05) is 26.8 Å². The lowest BCUT2D eigenvalue weighted by Gasteiger charge is -2.38. The van der Waals surface area contributed by atoms with Gasteiger partial charge in [0.05, 0.1) is 0 Å². The first-order valence-corrected chi connectivity index (χ1v) is 6.87. The average Bonchev–Trinajstić information content (AvgIpc) is 2.86. The normalized spacial score (nSPS) is 31.3. The molecular formula is C13H21NS. The van der Waals surface area contributed by atoms with Crippen LogP contribution in [0.1, 0.15) is 38.5 Å². The summed E-state index contributed by atoms with van der Waals surface area (Å²) in [7, 11) is 0. The van der Waals surface area contributed by atoms with Crippen LogP contribution in [0.15, 0.2) is 17.5 Å². The zero-order chi connectivity index (χ0) is 10.9. The van der Waals surface area contributed by atoms with Gasteiger partial charge in [-0.2, -0.15) is 0 Å². The fourth-order valence-corrected chi connectivity index (χ4v) is 4.29. The van der Waals surface area contributed by atoms with Crippen molar-refractivity contribution >= 4 is 11.3 Å². The quantitative estimate of drug-likeness (QED) is 0.828. The molecule has 0 bridgehead atoms. The molecule has 1 aromatic heterocycles. The molecule has 0 aliphatic carbocycles. The van der Waals surface area contributed by atoms with E-state index in [0.717, 1.165) is 5.92 Å². The largest absolute Gasteiger partial charge is 0.313 e. The van der Waals surface area contributed by atoms with Crippen molar-refractivity contribution in [1.82, 2.24) is 5.32 Å². The van der Waals surface area contributed by atoms with E-state index in [1.54, 1.807) is 4.88 Å². The van der Waals surface area contributed by atoms with E-state index < -0.39 is 0 Å². The minimum Gasteiger partial charge on any atom is -0.313 e. The lowest BCUT2D eigenvalue weighted by Crippen LogP contribution is -2.43. The molecule has 1 aliphatic rings. The predicted molar refractivity (Wildman–Crippen MR) is 67.5 cm³/mol. The highest BCUT2D eigenvalue weighted by atomic mass is 32.1. The smallest absolute Gasteiger partial charge is 0.0235 e. The van der Waals surface area contributed by atoms with Gasteiger partial charge in [-0.05, 0) is 36.8 Å². The van der Waals surface area contributed by atoms with Gasteiger partial charge in [-0.3, -0.25) is 0 Å². The first-order chi connectivity index (χ1) is 7.21. The van der Waals surface area contributed by atoms with Crippen LogP contribution in [0.3, 0.4) is 0 Å². The number of nitrogens with one attached hydrogen (secondary N) is 1. The highest BCUT2D eigenvalue weighted by molar-refractivity contribution is 7.10. The summed E-state index contributed by atoms with van der Waals surface area (Å²) in [5.41, 5.74) is 0.392. The van der Waals surface area contributed by atoms with Crippen LogP contribution in [0, 0.1) is 5.92 Å². The third-order valence-corrected chi connectivity index (χ3v) is 5.03. The lowest BCUT2D eigenvalue weighted by atomic mass is 9.69. The van der Waals surface area contributed by atoms with Gasteiger partial charge in [0, 0.05) is 16.3 Å². The minimum absolute atomic E-state index is 0.392. The van der Waals surface area contributed by atoms with Gasteiger partial charge >= 0.3 is 0 Å². The third-order valence-electron chi connectivity index (χ3n) is 3.97. The van der Waals surface area contributed by atoms with Crippen LogP contribution in [0.25, 0.3) is 0 Å². The van der Waals surface area contributed by atoms with Crippen molar-refractivity contribution in [3.05, 3.63) is 22.4 Å². The maximum absolute atomic E-state index is 3.67. The molecule has 2 heteroatoms. The zero-order valence-electron chi connectivity index (χ0n) is 9.92. The molecule has 0 aromatic carbocycles. The Hall–Kier alpha value is -0.340. The van der Waals surface area contributed by atoms with E-state index in [9.17, 15) is 0 Å². The Kier molecular flexibility index (Phi) is 3.17. The molecular weight excluding hydrogens is 202 g/mol. The number of hydrogen-bond donors (Lipinski definition) is 1. The molecule has 1 nitrogen and oxygen atoms in total. The summed E-state index contributed by atoms with van der Waals surface area (Å²) in [6.07, 6.45) is 2.53. The van der Waals surface area contributed by atoms with Gasteiger partial charge in [0.15, 0.2) is 0 Å². The Labute approximate surface area is 96.9 Å². The van der Waals surface area contributed by atoms with E-state index in [1.807, 2.05) is 11.3 Å². The van der Waals surface area contributed by atoms with Crippen molar-refractivity contribution in [3.8, 4) is 0 Å². The molecule has 0 spiro atoms. The second kappa shape index (κ2) is 4.26. The fraction of sp³-hybridized carbons (Fsp3) is 0.692. The van der Waals surface area contributed by atoms with E-state index in [-0.39, 0.29) is 0 Å². The number of rotatable bonds is 3. The Morgan fingerprint density at radius 2 is 2.40 bits per heavy atom. The summed E-state index contributed by atoms with van der Waals surface area (Å²) >= 11 is 1.93. The molecule has 15 heavy (non-hydrogen) atoms. The second-order valence-corrected chi connectivity index (χ2v) is 5.79. The molecule has 2 unspecified atom stereocenters. The standard InChI is InChI=1S/C13H21NS/c1-4-11-13(10(2)3,7-8-14-11)12-6-5-9-15-12/h5-6,9-11,14H,4,7-8H2,1-3H3. The molecule has 2 heterocycles. The molecule has 0 saturated carbocycles. The predicted octanol–water partition coefficient (Wildman–Crippen LogP) is 3.41. The van der Waals surface area contributed by atoms with Gasteiger partial charge < -0.3 is 5.32 Å². The summed E-state index contributed by atoms with van der Waals surface area (Å²) in [5.74, 6) is 0.719. The third kappa shape index (κ3) is 1.64. The van der Waals surface area contributed by atoms with Gasteiger partial charge in [0.2, 0.25) is 0 Å². The van der Waals surface area contributed by atoms with E-state index in [4.69, 9.17) is 0 Å². The van der Waals surface area contributed by atoms with Crippen molar-refractivity contribution in [3.63, 3.8) is 0 Å². The van der Waals surface area contributed by atoms with Crippen molar-refractivity contribution < 1.29 is 0 Å². The maximum Gasteiger partial charge on any atom is 0.0235 e. The number of hydrogen-bond acceptors (Lipinski definition) is 2. The van der Waals surface area contributed by atoms with E-state index in [2.05, 4.69) is 43.6 Å². The first-order valence-electron chi connectivity index (χ1n) is 5.99. The van der Waals surface area contributed by atoms with E-state index in [0.29, 0.717) is 11.5 Å². The Morgan fingerprint density at radius 1 is 1.60 bits per heavy atom. The Balaban J connectivity index is 2.40. The molecule has 0 radical (unpaired) electrons. The van der Waals surface area contributed by atoms with Crippen LogP contribution in [0.2, 0.25) is 0 Å². The first kappa shape index (κ1) is 11.2. The van der Waals surface area contributed by atoms with Crippen LogP contribution in [0.5, 0.6) is 0 Å². The van der Waals surface area contributed by atoms with Crippen LogP contribution < -0.4 is 5.32 Å². The maximum atomic E-state index is 3.67. The van der Waals surface area contributed by atoms with Gasteiger partial charge in [-0.15, -0.1) is 11.3 Å². The fourth-order valence-electron chi connectivity index (χ4n) is 3.13. The summed E-state index contributed by atoms with van der Waals surface area (Å²) in [6.45, 7) is 8.22. The van der Waals surface area contributed by atoms with Crippen molar-refractivity contribution in [1.29, 1.82) is 0 Å². The molecule has 1 saturated heterocycles. The van der Waals surface area contributed by atoms with Crippen molar-refractivity contribution in [2.45, 2.75) is 45.1 Å². The van der Waals surface area contributed by atoms with Crippen LogP contribution >= 0.6 is 11.3 Å². The van der Waals surface area contributed by atoms with Crippen LogP contribution in [0.4, 0.5) is 0 Å². The molecule has 84 valence electrons. The van der Waals surface area contributed by atoms with Crippen LogP contribution in [-0.4, -0.2) is 12.6 Å². The minimum atomic E-state index is 0.392. The molecule has 2 rings (SSSR count). The summed E-state index contributed by atoms with van der Waals surface area (Å²) in [5, 5.41) is 5.89. The molecule has 1 aliphatic heterocycles. The lowest BCUT2D eigenvalue weighted by molar-refractivity contribution is 0.269. The van der Waals surface area contributed by atoms with Gasteiger partial charge in [0.25, 0.3) is 0 Å². The van der Waals surface area contributed by atoms with E-state index >= 15 is 0 Å². The monoisotopic (exact) mass is 223 g/mol. The van der Waals surface area contributed by atoms with Gasteiger partial charge in [0.1, 0.15) is 0 Å². The topological polar surface area (TPSA) is 12.0 Å². The summed E-state index contributed by atoms with van der Waals surface area (Å²) in [6, 6.07) is 5.17. The van der Waals surface area contributed by atoms with Crippen molar-refractivity contribution in [2.24, 2.45) is 5.92 Å². The highest BCUT2D eigenvalue weighted by Crippen LogP contribution is 2.44. The van der Waals surface area contributed by atoms with Crippen LogP contribution in [-0.2, 0) is 5.41 Å². The molecule has 1 aromatic rings. The molecule has 2 atom stereocenters. The zero-order valence-corrected chi connectivity index (χ0v) is 10.7. The average molecular weight is 223 g/mol. The Morgan fingerprint density at radius 3 is 2.93 bits per heavy atom. The Bertz CT molecular complexity index is 304. The second-order valence-electron chi connectivity index (χ2n) is 4.84. The SMILES string of the molecule is CCC1NCCC1(c1cccs1)C(C)C.